The molecule has 2 unspecified atom stereocenters. The molecule has 0 saturated heterocycles. The minimum atomic E-state index is 0.697. The molecule has 0 aliphatic heterocycles. The molecule has 3 rings (SSSR count). The molecular formula is C15H20N2. The second kappa shape index (κ2) is 4.53. The lowest BCUT2D eigenvalue weighted by atomic mass is 9.81. The van der Waals surface area contributed by atoms with Crippen LogP contribution in [0.5, 0.6) is 0 Å². The van der Waals surface area contributed by atoms with Crippen LogP contribution in [0, 0.1) is 0 Å². The maximum Gasteiger partial charge on any atom is 0.0456 e. The van der Waals surface area contributed by atoms with E-state index in [0.717, 1.165) is 5.92 Å². The van der Waals surface area contributed by atoms with Crippen molar-refractivity contribution in [3.05, 3.63) is 36.0 Å². The first-order chi connectivity index (χ1) is 8.38. The van der Waals surface area contributed by atoms with Crippen LogP contribution in [0.4, 0.5) is 0 Å². The summed E-state index contributed by atoms with van der Waals surface area (Å²) in [5.74, 6) is 0.720. The molecule has 2 heteroatoms. The van der Waals surface area contributed by atoms with E-state index in [1.165, 1.54) is 42.1 Å². The van der Waals surface area contributed by atoms with E-state index in [-0.39, 0.29) is 0 Å². The lowest BCUT2D eigenvalue weighted by Crippen LogP contribution is -2.30. The molecule has 1 saturated carbocycles. The number of benzene rings is 1. The molecule has 2 atom stereocenters. The second-order valence-electron chi connectivity index (χ2n) is 5.14. The molecule has 17 heavy (non-hydrogen) atoms. The van der Waals surface area contributed by atoms with Crippen molar-refractivity contribution in [1.82, 2.24) is 10.3 Å². The molecule has 2 aromatic rings. The van der Waals surface area contributed by atoms with E-state index < -0.39 is 0 Å². The number of nitrogens with one attached hydrogen (secondary N) is 2. The predicted molar refractivity (Wildman–Crippen MR) is 72.4 cm³/mol. The van der Waals surface area contributed by atoms with Crippen LogP contribution in [-0.2, 0) is 0 Å². The monoisotopic (exact) mass is 228 g/mol. The van der Waals surface area contributed by atoms with Crippen molar-refractivity contribution in [3.63, 3.8) is 0 Å². The highest BCUT2D eigenvalue weighted by atomic mass is 14.9. The molecular weight excluding hydrogens is 208 g/mol. The summed E-state index contributed by atoms with van der Waals surface area (Å²) in [6.07, 6.45) is 7.50. The quantitative estimate of drug-likeness (QED) is 0.810. The Balaban J connectivity index is 1.92. The third-order valence-corrected chi connectivity index (χ3v) is 4.14. The SMILES string of the molecule is CNC1CCCC(c2c[nH]c3ccccc23)C1. The number of H-pyrrole nitrogens is 1. The van der Waals surface area contributed by atoms with E-state index in [1.807, 2.05) is 0 Å². The van der Waals surface area contributed by atoms with E-state index in [2.05, 4.69) is 47.8 Å². The highest BCUT2D eigenvalue weighted by Gasteiger charge is 2.23. The van der Waals surface area contributed by atoms with Gasteiger partial charge in [-0.05, 0) is 43.9 Å². The molecule has 1 aliphatic rings. The molecule has 0 radical (unpaired) electrons. The lowest BCUT2D eigenvalue weighted by molar-refractivity contribution is 0.356. The molecule has 2 nitrogen and oxygen atoms in total. The van der Waals surface area contributed by atoms with Crippen molar-refractivity contribution in [3.8, 4) is 0 Å². The van der Waals surface area contributed by atoms with Gasteiger partial charge in [0.05, 0.1) is 0 Å². The molecule has 0 bridgehead atoms. The van der Waals surface area contributed by atoms with Crippen molar-refractivity contribution >= 4 is 10.9 Å². The summed E-state index contributed by atoms with van der Waals surface area (Å²) in [5.41, 5.74) is 2.79. The standard InChI is InChI=1S/C15H20N2/c1-16-12-6-4-5-11(9-12)14-10-17-15-8-3-2-7-13(14)15/h2-3,7-8,10-12,16-17H,4-6,9H2,1H3. The Hall–Kier alpha value is -1.28. The largest absolute Gasteiger partial charge is 0.361 e. The van der Waals surface area contributed by atoms with Crippen molar-refractivity contribution in [2.45, 2.75) is 37.6 Å². The van der Waals surface area contributed by atoms with Crippen LogP contribution in [-0.4, -0.2) is 18.1 Å². The van der Waals surface area contributed by atoms with Crippen LogP contribution in [0.3, 0.4) is 0 Å². The summed E-state index contributed by atoms with van der Waals surface area (Å²) in [6, 6.07) is 9.33. The number of rotatable bonds is 2. The molecule has 90 valence electrons. The molecule has 0 amide bonds. The molecule has 1 aromatic heterocycles. The molecule has 1 heterocycles. The molecule has 1 fully saturated rings. The second-order valence-corrected chi connectivity index (χ2v) is 5.14. The van der Waals surface area contributed by atoms with Crippen LogP contribution in [0.2, 0.25) is 0 Å². The summed E-state index contributed by atoms with van der Waals surface area (Å²) in [5, 5.41) is 4.85. The number of aromatic nitrogens is 1. The molecule has 0 spiro atoms. The van der Waals surface area contributed by atoms with Crippen LogP contribution in [0.1, 0.15) is 37.2 Å². The third-order valence-electron chi connectivity index (χ3n) is 4.14. The average Bonchev–Trinajstić information content (AvgIpc) is 2.82. The number of aromatic amines is 1. The molecule has 1 aromatic carbocycles. The number of hydrogen-bond donors (Lipinski definition) is 2. The van der Waals surface area contributed by atoms with Crippen LogP contribution in [0.25, 0.3) is 10.9 Å². The van der Waals surface area contributed by atoms with Gasteiger partial charge in [0, 0.05) is 23.1 Å². The Kier molecular flexibility index (Phi) is 2.89. The van der Waals surface area contributed by atoms with E-state index in [9.17, 15) is 0 Å². The van der Waals surface area contributed by atoms with Gasteiger partial charge in [0.15, 0.2) is 0 Å². The zero-order chi connectivity index (χ0) is 11.7. The van der Waals surface area contributed by atoms with Gasteiger partial charge in [0.2, 0.25) is 0 Å². The summed E-state index contributed by atoms with van der Waals surface area (Å²) < 4.78 is 0. The summed E-state index contributed by atoms with van der Waals surface area (Å²) in [4.78, 5) is 3.40. The maximum absolute atomic E-state index is 3.43. The van der Waals surface area contributed by atoms with Crippen molar-refractivity contribution < 1.29 is 0 Å². The topological polar surface area (TPSA) is 27.8 Å². The van der Waals surface area contributed by atoms with Gasteiger partial charge in [0.1, 0.15) is 0 Å². The highest BCUT2D eigenvalue weighted by Crippen LogP contribution is 2.36. The Morgan fingerprint density at radius 3 is 3.00 bits per heavy atom. The van der Waals surface area contributed by atoms with Crippen LogP contribution >= 0.6 is 0 Å². The van der Waals surface area contributed by atoms with Gasteiger partial charge in [-0.3, -0.25) is 0 Å². The predicted octanol–water partition coefficient (Wildman–Crippen LogP) is 3.41. The Morgan fingerprint density at radius 2 is 2.12 bits per heavy atom. The van der Waals surface area contributed by atoms with Crippen molar-refractivity contribution in [1.29, 1.82) is 0 Å². The normalized spacial score (nSPS) is 25.2. The summed E-state index contributed by atoms with van der Waals surface area (Å²) in [7, 11) is 2.09. The molecule has 2 N–H and O–H groups in total. The zero-order valence-electron chi connectivity index (χ0n) is 10.4. The fourth-order valence-corrected chi connectivity index (χ4v) is 3.17. The van der Waals surface area contributed by atoms with E-state index in [1.54, 1.807) is 0 Å². The van der Waals surface area contributed by atoms with Crippen molar-refractivity contribution in [2.24, 2.45) is 0 Å². The number of fused-ring (bicyclic) bond motifs is 1. The Labute approximate surface area is 102 Å². The van der Waals surface area contributed by atoms with Gasteiger partial charge < -0.3 is 10.3 Å². The fourth-order valence-electron chi connectivity index (χ4n) is 3.17. The Bertz CT molecular complexity index is 500. The highest BCUT2D eigenvalue weighted by molar-refractivity contribution is 5.83. The minimum Gasteiger partial charge on any atom is -0.361 e. The lowest BCUT2D eigenvalue weighted by Gasteiger charge is -2.28. The van der Waals surface area contributed by atoms with Gasteiger partial charge in [-0.25, -0.2) is 0 Å². The minimum absolute atomic E-state index is 0.697. The first kappa shape index (κ1) is 10.8. The summed E-state index contributed by atoms with van der Waals surface area (Å²) in [6.45, 7) is 0. The van der Waals surface area contributed by atoms with E-state index in [0.29, 0.717) is 6.04 Å². The van der Waals surface area contributed by atoms with Gasteiger partial charge >= 0.3 is 0 Å². The van der Waals surface area contributed by atoms with Gasteiger partial charge in [-0.1, -0.05) is 24.6 Å². The van der Waals surface area contributed by atoms with Gasteiger partial charge in [0.25, 0.3) is 0 Å². The van der Waals surface area contributed by atoms with Gasteiger partial charge in [-0.2, -0.15) is 0 Å². The van der Waals surface area contributed by atoms with E-state index >= 15 is 0 Å². The third kappa shape index (κ3) is 1.98. The first-order valence-corrected chi connectivity index (χ1v) is 6.62. The van der Waals surface area contributed by atoms with Crippen LogP contribution in [0.15, 0.2) is 30.5 Å². The number of hydrogen-bond acceptors (Lipinski definition) is 1. The fraction of sp³-hybridized carbons (Fsp3) is 0.467. The maximum atomic E-state index is 3.43. The van der Waals surface area contributed by atoms with E-state index in [4.69, 9.17) is 0 Å². The zero-order valence-corrected chi connectivity index (χ0v) is 10.4. The first-order valence-electron chi connectivity index (χ1n) is 6.62. The van der Waals surface area contributed by atoms with Crippen molar-refractivity contribution in [2.75, 3.05) is 7.05 Å². The summed E-state index contributed by atoms with van der Waals surface area (Å²) >= 11 is 0. The molecule has 1 aliphatic carbocycles. The van der Waals surface area contributed by atoms with Crippen LogP contribution < -0.4 is 5.32 Å². The average molecular weight is 228 g/mol. The number of para-hydroxylation sites is 1. The Morgan fingerprint density at radius 1 is 1.24 bits per heavy atom. The smallest absolute Gasteiger partial charge is 0.0456 e. The van der Waals surface area contributed by atoms with Gasteiger partial charge in [-0.15, -0.1) is 0 Å².